The van der Waals surface area contributed by atoms with Gasteiger partial charge in [0, 0.05) is 23.8 Å². The Morgan fingerprint density at radius 2 is 2.00 bits per heavy atom. The Morgan fingerprint density at radius 3 is 2.74 bits per heavy atom. The molecule has 1 aliphatic carbocycles. The zero-order valence-corrected chi connectivity index (χ0v) is 21.6. The first kappa shape index (κ1) is 24.3. The largest absolute Gasteiger partial charge is 0.453 e. The van der Waals surface area contributed by atoms with Gasteiger partial charge in [0.05, 0.1) is 60.6 Å². The Kier molecular flexibility index (Phi) is 6.61. The summed E-state index contributed by atoms with van der Waals surface area (Å²) in [5.41, 5.74) is 4.75. The van der Waals surface area contributed by atoms with Gasteiger partial charge in [0.2, 0.25) is 0 Å². The summed E-state index contributed by atoms with van der Waals surface area (Å²) in [6.45, 7) is 1.29. The van der Waals surface area contributed by atoms with Crippen molar-refractivity contribution in [3.05, 3.63) is 47.2 Å². The summed E-state index contributed by atoms with van der Waals surface area (Å²) in [6, 6.07) is 10.2. The zero-order valence-electron chi connectivity index (χ0n) is 20.8. The second-order valence-electron chi connectivity index (χ2n) is 9.54. The number of fused-ring (bicyclic) bond motifs is 1. The predicted molar refractivity (Wildman–Crippen MR) is 141 cm³/mol. The van der Waals surface area contributed by atoms with Crippen LogP contribution in [-0.4, -0.2) is 63.3 Å². The molecule has 4 aromatic heterocycles. The van der Waals surface area contributed by atoms with Gasteiger partial charge in [0.1, 0.15) is 11.1 Å². The smallest absolute Gasteiger partial charge is 0.407 e. The monoisotopic (exact) mass is 530 g/mol. The number of aromatic nitrogens is 5. The predicted octanol–water partition coefficient (Wildman–Crippen LogP) is 3.98. The molecule has 194 valence electrons. The van der Waals surface area contributed by atoms with Crippen molar-refractivity contribution in [2.45, 2.75) is 43.7 Å². The maximum absolute atomic E-state index is 11.5. The highest BCUT2D eigenvalue weighted by Gasteiger charge is 2.27. The number of nitriles is 1. The van der Waals surface area contributed by atoms with Crippen molar-refractivity contribution in [2.24, 2.45) is 0 Å². The van der Waals surface area contributed by atoms with Crippen LogP contribution in [0.4, 0.5) is 10.5 Å². The number of hydrogen-bond acceptors (Lipinski definition) is 10. The lowest BCUT2D eigenvalue weighted by atomic mass is 9.86. The molecule has 6 rings (SSSR count). The first-order valence-electron chi connectivity index (χ1n) is 12.5. The van der Waals surface area contributed by atoms with Crippen LogP contribution in [0, 0.1) is 11.3 Å². The molecular weight excluding hydrogens is 504 g/mol. The quantitative estimate of drug-likeness (QED) is 0.379. The van der Waals surface area contributed by atoms with Crippen molar-refractivity contribution >= 4 is 28.6 Å². The molecule has 0 bridgehead atoms. The molecule has 4 aromatic rings. The van der Waals surface area contributed by atoms with Crippen molar-refractivity contribution in [3.63, 3.8) is 0 Å². The molecule has 0 aromatic carbocycles. The normalized spacial score (nSPS) is 19.5. The minimum absolute atomic E-state index is 0.134. The zero-order chi connectivity index (χ0) is 26.1. The minimum Gasteiger partial charge on any atom is -0.453 e. The first-order valence-corrected chi connectivity index (χ1v) is 13.3. The van der Waals surface area contributed by atoms with Gasteiger partial charge in [-0.3, -0.25) is 4.98 Å². The van der Waals surface area contributed by atoms with E-state index in [0.29, 0.717) is 24.7 Å². The lowest BCUT2D eigenvalue weighted by Gasteiger charge is -2.28. The number of anilines is 1. The van der Waals surface area contributed by atoms with Gasteiger partial charge in [-0.2, -0.15) is 10.4 Å². The molecule has 1 amide bonds. The molecule has 2 fully saturated rings. The van der Waals surface area contributed by atoms with Crippen molar-refractivity contribution in [3.8, 4) is 28.0 Å². The van der Waals surface area contributed by atoms with Gasteiger partial charge in [-0.25, -0.2) is 9.31 Å². The van der Waals surface area contributed by atoms with E-state index in [1.54, 1.807) is 28.1 Å². The van der Waals surface area contributed by atoms with Gasteiger partial charge in [0.25, 0.3) is 0 Å². The molecule has 0 spiro atoms. The van der Waals surface area contributed by atoms with Crippen LogP contribution in [0.3, 0.4) is 0 Å². The Labute approximate surface area is 222 Å². The number of carbonyl (C=O) groups excluding carboxylic acids is 1. The first-order chi connectivity index (χ1) is 18.6. The van der Waals surface area contributed by atoms with Crippen LogP contribution in [0.1, 0.15) is 42.2 Å². The summed E-state index contributed by atoms with van der Waals surface area (Å²) in [7, 11) is 1.38. The Hall–Kier alpha value is -4.08. The van der Waals surface area contributed by atoms with E-state index in [1.807, 2.05) is 24.4 Å². The molecule has 5 heterocycles. The lowest BCUT2D eigenvalue weighted by Crippen LogP contribution is -2.40. The van der Waals surface area contributed by atoms with Gasteiger partial charge < -0.3 is 20.1 Å². The van der Waals surface area contributed by atoms with Gasteiger partial charge in [-0.15, -0.1) is 10.2 Å². The van der Waals surface area contributed by atoms with Crippen LogP contribution >= 0.6 is 11.3 Å². The Morgan fingerprint density at radius 1 is 1.16 bits per heavy atom. The Bertz CT molecular complexity index is 1510. The second kappa shape index (κ2) is 10.4. The lowest BCUT2D eigenvalue weighted by molar-refractivity contribution is 0.0211. The third-order valence-electron chi connectivity index (χ3n) is 7.05. The molecule has 2 aliphatic rings. The van der Waals surface area contributed by atoms with Crippen LogP contribution in [0.5, 0.6) is 0 Å². The highest BCUT2D eigenvalue weighted by Crippen LogP contribution is 2.39. The van der Waals surface area contributed by atoms with Crippen LogP contribution < -0.4 is 10.6 Å². The molecule has 12 heteroatoms. The molecular formula is C26H26N8O3S. The summed E-state index contributed by atoms with van der Waals surface area (Å²) in [5.74, 6) is 0.317. The van der Waals surface area contributed by atoms with E-state index in [2.05, 4.69) is 32.0 Å². The third-order valence-corrected chi connectivity index (χ3v) is 8.17. The maximum Gasteiger partial charge on any atom is 0.407 e. The molecule has 0 atom stereocenters. The van der Waals surface area contributed by atoms with E-state index in [9.17, 15) is 10.1 Å². The van der Waals surface area contributed by atoms with Crippen molar-refractivity contribution in [1.29, 1.82) is 5.26 Å². The van der Waals surface area contributed by atoms with E-state index in [1.165, 1.54) is 7.11 Å². The van der Waals surface area contributed by atoms with Crippen molar-refractivity contribution in [1.82, 2.24) is 30.1 Å². The summed E-state index contributed by atoms with van der Waals surface area (Å²) < 4.78 is 11.9. The fourth-order valence-corrected chi connectivity index (χ4v) is 5.93. The molecule has 1 aliphatic heterocycles. The standard InChI is InChI=1S/C26H26N8O3S/c1-36-26(35)31-17-4-2-16(3-5-17)24-32-33-25(38-24)20-12-28-22(9-21(20)30-18-13-37-14-18)23-7-6-19-8-15(10-27)11-29-34(19)23/h6-9,11-12,16-18H,2-5,13-14H2,1H3,(H,28,30)(H,31,35). The fourth-order valence-electron chi connectivity index (χ4n) is 4.90. The number of rotatable bonds is 6. The topological polar surface area (TPSA) is 139 Å². The number of methoxy groups -OCH3 is 1. The summed E-state index contributed by atoms with van der Waals surface area (Å²) in [4.78, 5) is 16.3. The van der Waals surface area contributed by atoms with Gasteiger partial charge in [-0.1, -0.05) is 11.3 Å². The average Bonchev–Trinajstić information content (AvgIpc) is 3.58. The number of hydrogen-bond donors (Lipinski definition) is 2. The van der Waals surface area contributed by atoms with Crippen LogP contribution in [0.25, 0.3) is 27.5 Å². The van der Waals surface area contributed by atoms with Gasteiger partial charge in [-0.05, 0) is 49.9 Å². The Balaban J connectivity index is 1.26. The second-order valence-corrected chi connectivity index (χ2v) is 10.5. The SMILES string of the molecule is COC(=O)NC1CCC(c2nnc(-c3cnc(-c4ccc5cc(C#N)cnn45)cc3NC3COC3)s2)CC1. The van der Waals surface area contributed by atoms with E-state index < -0.39 is 0 Å². The highest BCUT2D eigenvalue weighted by molar-refractivity contribution is 7.14. The van der Waals surface area contributed by atoms with Gasteiger partial charge >= 0.3 is 6.09 Å². The molecule has 0 unspecified atom stereocenters. The van der Waals surface area contributed by atoms with E-state index in [-0.39, 0.29) is 18.2 Å². The van der Waals surface area contributed by atoms with Crippen LogP contribution in [0.2, 0.25) is 0 Å². The summed E-state index contributed by atoms with van der Waals surface area (Å²) >= 11 is 1.60. The minimum atomic E-state index is -0.379. The summed E-state index contributed by atoms with van der Waals surface area (Å²) in [5, 5.41) is 31.0. The van der Waals surface area contributed by atoms with E-state index >= 15 is 0 Å². The van der Waals surface area contributed by atoms with Crippen LogP contribution in [-0.2, 0) is 9.47 Å². The number of nitrogens with zero attached hydrogens (tertiary/aromatic N) is 6. The maximum atomic E-state index is 11.5. The van der Waals surface area contributed by atoms with E-state index in [0.717, 1.165) is 63.9 Å². The number of alkyl carbamates (subject to hydrolysis) is 1. The number of pyridine rings is 1. The molecule has 1 saturated carbocycles. The van der Waals surface area contributed by atoms with E-state index in [4.69, 9.17) is 14.5 Å². The third kappa shape index (κ3) is 4.78. The van der Waals surface area contributed by atoms with Crippen molar-refractivity contribution < 1.29 is 14.3 Å². The van der Waals surface area contributed by atoms with Crippen LogP contribution in [0.15, 0.2) is 36.7 Å². The fraction of sp³-hybridized carbons (Fsp3) is 0.385. The van der Waals surface area contributed by atoms with Crippen molar-refractivity contribution in [2.75, 3.05) is 25.6 Å². The molecule has 0 radical (unpaired) electrons. The molecule has 2 N–H and O–H groups in total. The summed E-state index contributed by atoms with van der Waals surface area (Å²) in [6.07, 6.45) is 6.65. The molecule has 11 nitrogen and oxygen atoms in total. The van der Waals surface area contributed by atoms with Gasteiger partial charge in [0.15, 0.2) is 5.01 Å². The number of carbonyl (C=O) groups is 1. The average molecular weight is 531 g/mol. The number of nitrogens with one attached hydrogen (secondary N) is 2. The molecule has 38 heavy (non-hydrogen) atoms. The number of ether oxygens (including phenoxy) is 2. The molecule has 1 saturated heterocycles. The number of amides is 1. The highest BCUT2D eigenvalue weighted by atomic mass is 32.1.